The number of nitrogens with two attached hydrogens (primary N) is 1. The van der Waals surface area contributed by atoms with Crippen molar-refractivity contribution in [2.24, 2.45) is 0 Å². The Bertz CT molecular complexity index is 646. The molecule has 0 fully saturated rings. The molecule has 1 aromatic heterocycles. The number of rotatable bonds is 3. The van der Waals surface area contributed by atoms with Crippen molar-refractivity contribution in [2.45, 2.75) is 0 Å². The Morgan fingerprint density at radius 1 is 1.37 bits per heavy atom. The monoisotopic (exact) mass is 279 g/mol. The molecule has 0 spiro atoms. The van der Waals surface area contributed by atoms with Crippen molar-refractivity contribution < 1.29 is 9.66 Å². The molecule has 0 aliphatic heterocycles. The van der Waals surface area contributed by atoms with Gasteiger partial charge >= 0.3 is 0 Å². The molecule has 1 heterocycles. The molecule has 0 saturated carbocycles. The number of methoxy groups -OCH3 is 1. The van der Waals surface area contributed by atoms with Crippen molar-refractivity contribution in [3.8, 4) is 17.0 Å². The minimum Gasteiger partial charge on any atom is -0.495 e. The third-order valence-corrected chi connectivity index (χ3v) is 2.83. The van der Waals surface area contributed by atoms with Crippen LogP contribution in [0, 0.1) is 10.1 Å². The van der Waals surface area contributed by atoms with Gasteiger partial charge in [0.2, 0.25) is 0 Å². The number of nitrogens with zero attached hydrogens (tertiary/aromatic N) is 2. The van der Waals surface area contributed by atoms with E-state index < -0.39 is 4.92 Å². The van der Waals surface area contributed by atoms with Gasteiger partial charge in [-0.3, -0.25) is 10.1 Å². The molecule has 6 nitrogen and oxygen atoms in total. The molecule has 0 radical (unpaired) electrons. The zero-order valence-corrected chi connectivity index (χ0v) is 10.7. The summed E-state index contributed by atoms with van der Waals surface area (Å²) in [6.45, 7) is 0. The van der Waals surface area contributed by atoms with E-state index in [1.165, 1.54) is 19.2 Å². The highest BCUT2D eigenvalue weighted by molar-refractivity contribution is 6.32. The first-order valence-electron chi connectivity index (χ1n) is 5.27. The van der Waals surface area contributed by atoms with E-state index >= 15 is 0 Å². The number of hydrogen-bond acceptors (Lipinski definition) is 5. The van der Waals surface area contributed by atoms with E-state index in [-0.39, 0.29) is 17.2 Å². The van der Waals surface area contributed by atoms with Crippen molar-refractivity contribution in [2.75, 3.05) is 12.8 Å². The van der Waals surface area contributed by atoms with Crippen LogP contribution in [0.1, 0.15) is 0 Å². The van der Waals surface area contributed by atoms with Gasteiger partial charge in [0.15, 0.2) is 5.69 Å². The summed E-state index contributed by atoms with van der Waals surface area (Å²) in [5.74, 6) is 0.618. The summed E-state index contributed by atoms with van der Waals surface area (Å²) in [7, 11) is 1.46. The van der Waals surface area contributed by atoms with Crippen LogP contribution in [0.15, 0.2) is 30.3 Å². The van der Waals surface area contributed by atoms with E-state index in [2.05, 4.69) is 4.98 Å². The van der Waals surface area contributed by atoms with Gasteiger partial charge in [-0.1, -0.05) is 17.7 Å². The highest BCUT2D eigenvalue weighted by Gasteiger charge is 2.18. The van der Waals surface area contributed by atoms with Crippen LogP contribution in [0.2, 0.25) is 5.02 Å². The molecule has 1 aromatic carbocycles. The molecule has 0 aliphatic carbocycles. The summed E-state index contributed by atoms with van der Waals surface area (Å²) in [5.41, 5.74) is 6.14. The smallest absolute Gasteiger partial charge is 0.295 e. The molecule has 19 heavy (non-hydrogen) atoms. The van der Waals surface area contributed by atoms with E-state index in [9.17, 15) is 10.1 Å². The van der Waals surface area contributed by atoms with E-state index in [4.69, 9.17) is 22.1 Å². The van der Waals surface area contributed by atoms with Crippen molar-refractivity contribution in [3.63, 3.8) is 0 Å². The Balaban J connectivity index is 2.64. The SMILES string of the molecule is COc1cc(-c2nc(N)ccc2[N+](=O)[O-])ccc1Cl. The number of aromatic nitrogens is 1. The van der Waals surface area contributed by atoms with Crippen LogP contribution in [0.25, 0.3) is 11.3 Å². The van der Waals surface area contributed by atoms with Gasteiger partial charge in [0.25, 0.3) is 5.69 Å². The fourth-order valence-corrected chi connectivity index (χ4v) is 1.83. The third-order valence-electron chi connectivity index (χ3n) is 2.52. The van der Waals surface area contributed by atoms with Crippen LogP contribution in [0.5, 0.6) is 5.75 Å². The average molecular weight is 280 g/mol. The van der Waals surface area contributed by atoms with Crippen molar-refractivity contribution in [3.05, 3.63) is 45.5 Å². The summed E-state index contributed by atoms with van der Waals surface area (Å²) in [5, 5.41) is 11.4. The van der Waals surface area contributed by atoms with Gasteiger partial charge in [-0.25, -0.2) is 4.98 Å². The van der Waals surface area contributed by atoms with Crippen molar-refractivity contribution in [1.82, 2.24) is 4.98 Å². The molecule has 0 aliphatic rings. The molecular weight excluding hydrogens is 270 g/mol. The fourth-order valence-electron chi connectivity index (χ4n) is 1.63. The van der Waals surface area contributed by atoms with Gasteiger partial charge in [0.1, 0.15) is 11.6 Å². The van der Waals surface area contributed by atoms with Gasteiger partial charge in [-0.05, 0) is 18.2 Å². The maximum atomic E-state index is 11.0. The first-order chi connectivity index (χ1) is 9.02. The molecule has 2 aromatic rings. The minimum atomic E-state index is -0.511. The van der Waals surface area contributed by atoms with Gasteiger partial charge in [-0.2, -0.15) is 0 Å². The summed E-state index contributed by atoms with van der Waals surface area (Å²) < 4.78 is 5.08. The van der Waals surface area contributed by atoms with E-state index in [0.29, 0.717) is 16.3 Å². The zero-order chi connectivity index (χ0) is 14.0. The normalized spacial score (nSPS) is 10.2. The van der Waals surface area contributed by atoms with Gasteiger partial charge in [0.05, 0.1) is 17.1 Å². The summed E-state index contributed by atoms with van der Waals surface area (Å²) in [6, 6.07) is 7.49. The zero-order valence-electron chi connectivity index (χ0n) is 9.96. The Labute approximate surface area is 113 Å². The maximum Gasteiger partial charge on any atom is 0.295 e. The molecule has 2 N–H and O–H groups in total. The summed E-state index contributed by atoms with van der Waals surface area (Å²) >= 11 is 5.91. The molecule has 2 rings (SSSR count). The molecule has 98 valence electrons. The largest absolute Gasteiger partial charge is 0.495 e. The van der Waals surface area contributed by atoms with Crippen LogP contribution in [-0.4, -0.2) is 17.0 Å². The number of anilines is 1. The highest BCUT2D eigenvalue weighted by Crippen LogP contribution is 2.34. The number of halogens is 1. The highest BCUT2D eigenvalue weighted by atomic mass is 35.5. The fraction of sp³-hybridized carbons (Fsp3) is 0.0833. The maximum absolute atomic E-state index is 11.0. The van der Waals surface area contributed by atoms with Crippen LogP contribution in [0.4, 0.5) is 11.5 Å². The Hall–Kier alpha value is -2.34. The number of nitro groups is 1. The number of benzene rings is 1. The van der Waals surface area contributed by atoms with E-state index in [1.54, 1.807) is 18.2 Å². The van der Waals surface area contributed by atoms with Gasteiger partial charge in [-0.15, -0.1) is 0 Å². The molecular formula is C12H10ClN3O3. The first kappa shape index (κ1) is 13.1. The lowest BCUT2D eigenvalue weighted by Crippen LogP contribution is -1.98. The van der Waals surface area contributed by atoms with Gasteiger partial charge < -0.3 is 10.5 Å². The number of ether oxygens (including phenoxy) is 1. The standard InChI is InChI=1S/C12H10ClN3O3/c1-19-10-6-7(2-3-8(10)13)12-9(16(17)18)4-5-11(14)15-12/h2-6H,1H3,(H2,14,15). The number of pyridine rings is 1. The predicted molar refractivity (Wildman–Crippen MR) is 72.3 cm³/mol. The topological polar surface area (TPSA) is 91.3 Å². The Kier molecular flexibility index (Phi) is 3.52. The lowest BCUT2D eigenvalue weighted by Gasteiger charge is -2.07. The Morgan fingerprint density at radius 2 is 2.11 bits per heavy atom. The van der Waals surface area contributed by atoms with Crippen molar-refractivity contribution in [1.29, 1.82) is 0 Å². The van der Waals surface area contributed by atoms with Crippen LogP contribution in [0.3, 0.4) is 0 Å². The summed E-state index contributed by atoms with van der Waals surface area (Å²) in [4.78, 5) is 14.5. The summed E-state index contributed by atoms with van der Waals surface area (Å²) in [6.07, 6.45) is 0. The average Bonchev–Trinajstić information content (AvgIpc) is 2.38. The van der Waals surface area contributed by atoms with Crippen LogP contribution < -0.4 is 10.5 Å². The molecule has 0 amide bonds. The molecule has 0 saturated heterocycles. The molecule has 0 atom stereocenters. The number of nitrogen functional groups attached to an aromatic ring is 1. The Morgan fingerprint density at radius 3 is 2.74 bits per heavy atom. The molecule has 0 bridgehead atoms. The number of hydrogen-bond donors (Lipinski definition) is 1. The second kappa shape index (κ2) is 5.11. The van der Waals surface area contributed by atoms with E-state index in [0.717, 1.165) is 0 Å². The third kappa shape index (κ3) is 2.58. The van der Waals surface area contributed by atoms with Gasteiger partial charge in [0, 0.05) is 11.6 Å². The van der Waals surface area contributed by atoms with E-state index in [1.807, 2.05) is 0 Å². The van der Waals surface area contributed by atoms with Crippen LogP contribution >= 0.6 is 11.6 Å². The lowest BCUT2D eigenvalue weighted by molar-refractivity contribution is -0.384. The first-order valence-corrected chi connectivity index (χ1v) is 5.65. The van der Waals surface area contributed by atoms with Crippen LogP contribution in [-0.2, 0) is 0 Å². The molecule has 0 unspecified atom stereocenters. The molecule has 7 heteroatoms. The van der Waals surface area contributed by atoms with Crippen molar-refractivity contribution >= 4 is 23.1 Å². The minimum absolute atomic E-state index is 0.126. The quantitative estimate of drug-likeness (QED) is 0.689. The predicted octanol–water partition coefficient (Wildman–Crippen LogP) is 2.90. The lowest BCUT2D eigenvalue weighted by atomic mass is 10.1. The second-order valence-corrected chi connectivity index (χ2v) is 4.12. The second-order valence-electron chi connectivity index (χ2n) is 3.71.